The maximum absolute atomic E-state index is 12.2. The predicted octanol–water partition coefficient (Wildman–Crippen LogP) is 3.85. The third kappa shape index (κ3) is 4.65. The molecule has 0 saturated carbocycles. The van der Waals surface area contributed by atoms with Crippen LogP contribution in [0.15, 0.2) is 53.7 Å². The zero-order valence-corrected chi connectivity index (χ0v) is 17.9. The minimum absolute atomic E-state index is 0.0176. The number of nitrogens with zero attached hydrogens (tertiary/aromatic N) is 4. The number of thiazole rings is 1. The molecule has 0 bridgehead atoms. The Morgan fingerprint density at radius 1 is 1.14 bits per heavy atom. The molecule has 4 rings (SSSR count). The molecule has 1 N–H and O–H groups in total. The molecule has 0 aliphatic rings. The van der Waals surface area contributed by atoms with Gasteiger partial charge in [0.2, 0.25) is 5.91 Å². The molecule has 0 fully saturated rings. The molecule has 2 heterocycles. The third-order valence-electron chi connectivity index (χ3n) is 4.48. The number of thioether (sulfide) groups is 1. The number of nitrogens with one attached hydrogen (secondary N) is 1. The first kappa shape index (κ1) is 19.6. The van der Waals surface area contributed by atoms with Gasteiger partial charge in [0.15, 0.2) is 11.0 Å². The summed E-state index contributed by atoms with van der Waals surface area (Å²) in [4.78, 5) is 16.8. The molecular formula is C21H21N5OS2. The van der Waals surface area contributed by atoms with Crippen molar-refractivity contribution in [1.29, 1.82) is 0 Å². The van der Waals surface area contributed by atoms with E-state index in [1.54, 1.807) is 11.3 Å². The van der Waals surface area contributed by atoms with Crippen molar-refractivity contribution in [2.75, 3.05) is 12.3 Å². The molecule has 0 atom stereocenters. The Kier molecular flexibility index (Phi) is 5.92. The molecule has 1 amide bonds. The highest BCUT2D eigenvalue weighted by atomic mass is 32.2. The number of fused-ring (bicyclic) bond motifs is 1. The number of amides is 1. The van der Waals surface area contributed by atoms with Crippen LogP contribution in [0.25, 0.3) is 21.6 Å². The van der Waals surface area contributed by atoms with Gasteiger partial charge in [0.25, 0.3) is 0 Å². The van der Waals surface area contributed by atoms with Gasteiger partial charge in [-0.15, -0.1) is 21.5 Å². The Hall–Kier alpha value is -2.71. The van der Waals surface area contributed by atoms with Gasteiger partial charge in [-0.25, -0.2) is 4.98 Å². The molecule has 0 aliphatic carbocycles. The summed E-state index contributed by atoms with van der Waals surface area (Å²) in [5, 5.41) is 13.2. The van der Waals surface area contributed by atoms with Crippen LogP contribution in [-0.4, -0.2) is 38.0 Å². The fraction of sp³-hybridized carbons (Fsp3) is 0.238. The van der Waals surface area contributed by atoms with E-state index in [1.165, 1.54) is 22.0 Å². The fourth-order valence-corrected chi connectivity index (χ4v) is 4.62. The number of hydrogen-bond donors (Lipinski definition) is 1. The highest BCUT2D eigenvalue weighted by Crippen LogP contribution is 2.23. The third-order valence-corrected chi connectivity index (χ3v) is 6.59. The van der Waals surface area contributed by atoms with Gasteiger partial charge in [-0.3, -0.25) is 4.79 Å². The van der Waals surface area contributed by atoms with Gasteiger partial charge in [0, 0.05) is 25.6 Å². The van der Waals surface area contributed by atoms with Crippen LogP contribution in [0.2, 0.25) is 0 Å². The number of benzene rings is 2. The van der Waals surface area contributed by atoms with Crippen molar-refractivity contribution in [2.24, 2.45) is 7.05 Å². The van der Waals surface area contributed by atoms with Gasteiger partial charge in [0.1, 0.15) is 0 Å². The maximum Gasteiger partial charge on any atom is 0.230 e. The minimum Gasteiger partial charge on any atom is -0.355 e. The van der Waals surface area contributed by atoms with Gasteiger partial charge >= 0.3 is 0 Å². The van der Waals surface area contributed by atoms with Crippen molar-refractivity contribution < 1.29 is 4.79 Å². The molecule has 2 aromatic heterocycles. The number of rotatable bonds is 7. The normalized spacial score (nSPS) is 11.1. The number of carbonyl (C=O) groups excluding carboxylic acids is 1. The lowest BCUT2D eigenvalue weighted by Crippen LogP contribution is -2.27. The monoisotopic (exact) mass is 423 g/mol. The van der Waals surface area contributed by atoms with Crippen molar-refractivity contribution in [3.63, 3.8) is 0 Å². The van der Waals surface area contributed by atoms with Crippen LogP contribution in [0.5, 0.6) is 0 Å². The molecule has 2 aromatic carbocycles. The summed E-state index contributed by atoms with van der Waals surface area (Å²) in [6.45, 7) is 2.63. The first-order valence-corrected chi connectivity index (χ1v) is 11.1. The summed E-state index contributed by atoms with van der Waals surface area (Å²) in [5.41, 5.74) is 3.23. The van der Waals surface area contributed by atoms with Crippen LogP contribution in [0.3, 0.4) is 0 Å². The Balaban J connectivity index is 1.28. The molecule has 0 saturated heterocycles. The van der Waals surface area contributed by atoms with E-state index in [0.717, 1.165) is 33.5 Å². The molecule has 148 valence electrons. The van der Waals surface area contributed by atoms with Crippen LogP contribution in [0.4, 0.5) is 0 Å². The van der Waals surface area contributed by atoms with Crippen LogP contribution >= 0.6 is 23.1 Å². The number of aromatic nitrogens is 4. The van der Waals surface area contributed by atoms with Gasteiger partial charge in [-0.05, 0) is 19.1 Å². The molecule has 0 aliphatic heterocycles. The van der Waals surface area contributed by atoms with E-state index < -0.39 is 0 Å². The fourth-order valence-electron chi connectivity index (χ4n) is 2.91. The Morgan fingerprint density at radius 2 is 1.93 bits per heavy atom. The number of hydrogen-bond acceptors (Lipinski definition) is 6. The van der Waals surface area contributed by atoms with Crippen molar-refractivity contribution in [3.05, 3.63) is 59.1 Å². The molecule has 8 heteroatoms. The molecule has 6 nitrogen and oxygen atoms in total. The zero-order chi connectivity index (χ0) is 20.2. The summed E-state index contributed by atoms with van der Waals surface area (Å²) >= 11 is 3.06. The van der Waals surface area contributed by atoms with E-state index in [9.17, 15) is 4.79 Å². The number of carbonyl (C=O) groups is 1. The van der Waals surface area contributed by atoms with E-state index in [0.29, 0.717) is 12.3 Å². The van der Waals surface area contributed by atoms with Crippen molar-refractivity contribution in [2.45, 2.75) is 18.5 Å². The lowest BCUT2D eigenvalue weighted by molar-refractivity contribution is -0.118. The number of para-hydroxylation sites is 1. The SMILES string of the molecule is Cc1ccc(-c2nnc(SCC(=O)NCCc3nc4ccccc4s3)n2C)cc1. The highest BCUT2D eigenvalue weighted by molar-refractivity contribution is 7.99. The average Bonchev–Trinajstić information content (AvgIpc) is 3.30. The first-order valence-electron chi connectivity index (χ1n) is 9.30. The maximum atomic E-state index is 12.2. The second-order valence-electron chi connectivity index (χ2n) is 6.70. The average molecular weight is 424 g/mol. The standard InChI is InChI=1S/C21H21N5OS2/c1-14-7-9-15(10-8-14)20-24-25-21(26(20)2)28-13-18(27)22-12-11-19-23-16-5-3-4-6-17(16)29-19/h3-10H,11-13H2,1-2H3,(H,22,27). The highest BCUT2D eigenvalue weighted by Gasteiger charge is 2.13. The second kappa shape index (κ2) is 8.75. The number of aryl methyl sites for hydroxylation is 1. The molecular weight excluding hydrogens is 402 g/mol. The van der Waals surface area contributed by atoms with Gasteiger partial charge < -0.3 is 9.88 Å². The minimum atomic E-state index is -0.0176. The van der Waals surface area contributed by atoms with Crippen molar-refractivity contribution in [3.8, 4) is 11.4 Å². The topological polar surface area (TPSA) is 72.7 Å². The lowest BCUT2D eigenvalue weighted by Gasteiger charge is -2.05. The molecule has 29 heavy (non-hydrogen) atoms. The lowest BCUT2D eigenvalue weighted by atomic mass is 10.1. The smallest absolute Gasteiger partial charge is 0.230 e. The summed E-state index contributed by atoms with van der Waals surface area (Å²) in [5.74, 6) is 1.08. The van der Waals surface area contributed by atoms with Crippen LogP contribution in [-0.2, 0) is 18.3 Å². The van der Waals surface area contributed by atoms with Crippen LogP contribution in [0, 0.1) is 6.92 Å². The summed E-state index contributed by atoms with van der Waals surface area (Å²) in [6.07, 6.45) is 0.733. The molecule has 4 aromatic rings. The zero-order valence-electron chi connectivity index (χ0n) is 16.3. The Labute approximate surface area is 177 Å². The van der Waals surface area contributed by atoms with Crippen molar-refractivity contribution in [1.82, 2.24) is 25.1 Å². The molecule has 0 radical (unpaired) electrons. The Morgan fingerprint density at radius 3 is 2.72 bits per heavy atom. The molecule has 0 spiro atoms. The first-order chi connectivity index (χ1) is 14.1. The van der Waals surface area contributed by atoms with Gasteiger partial charge in [0.05, 0.1) is 21.0 Å². The summed E-state index contributed by atoms with van der Waals surface area (Å²) < 4.78 is 3.10. The largest absolute Gasteiger partial charge is 0.355 e. The van der Waals surface area contributed by atoms with Gasteiger partial charge in [-0.2, -0.15) is 0 Å². The van der Waals surface area contributed by atoms with Gasteiger partial charge in [-0.1, -0.05) is 53.7 Å². The van der Waals surface area contributed by atoms with Crippen LogP contribution in [0.1, 0.15) is 10.6 Å². The summed E-state index contributed by atoms with van der Waals surface area (Å²) in [7, 11) is 1.92. The van der Waals surface area contributed by atoms with Crippen LogP contribution < -0.4 is 5.32 Å². The van der Waals surface area contributed by atoms with E-state index in [1.807, 2.05) is 41.9 Å². The molecule has 0 unspecified atom stereocenters. The van der Waals surface area contributed by atoms with E-state index >= 15 is 0 Å². The van der Waals surface area contributed by atoms with E-state index in [4.69, 9.17) is 0 Å². The summed E-state index contributed by atoms with van der Waals surface area (Å²) in [6, 6.07) is 16.2. The quantitative estimate of drug-likeness (QED) is 0.457. The van der Waals surface area contributed by atoms with E-state index in [-0.39, 0.29) is 5.91 Å². The van der Waals surface area contributed by atoms with Crippen molar-refractivity contribution >= 4 is 39.2 Å². The Bertz CT molecular complexity index is 1100. The second-order valence-corrected chi connectivity index (χ2v) is 8.75. The predicted molar refractivity (Wildman–Crippen MR) is 118 cm³/mol. The van der Waals surface area contributed by atoms with E-state index in [2.05, 4.69) is 45.6 Å².